The van der Waals surface area contributed by atoms with Gasteiger partial charge in [0.15, 0.2) is 13.1 Å². The minimum Gasteiger partial charge on any atom is -0.394 e. The van der Waals surface area contributed by atoms with Crippen LogP contribution in [0.2, 0.25) is 0 Å². The van der Waals surface area contributed by atoms with Gasteiger partial charge in [0.1, 0.15) is 0 Å². The number of nitrogens with two attached hydrogens (primary N) is 1. The molecule has 2 aromatic heterocycles. The van der Waals surface area contributed by atoms with Crippen molar-refractivity contribution in [3.8, 4) is 0 Å². The number of nitrogen functional groups attached to an aromatic ring is 1. The number of aliphatic hydroxyl groups is 1. The molecule has 0 aliphatic heterocycles. The third-order valence-corrected chi connectivity index (χ3v) is 3.01. The molecule has 2 heterocycles. The van der Waals surface area contributed by atoms with Gasteiger partial charge < -0.3 is 15.6 Å². The van der Waals surface area contributed by atoms with Gasteiger partial charge in [0.25, 0.3) is 5.95 Å². The molecule has 8 nitrogen and oxygen atoms in total. The van der Waals surface area contributed by atoms with Crippen molar-refractivity contribution >= 4 is 17.1 Å². The van der Waals surface area contributed by atoms with Gasteiger partial charge in [-0.1, -0.05) is 11.9 Å². The zero-order chi connectivity index (χ0) is 14.7. The van der Waals surface area contributed by atoms with E-state index in [4.69, 9.17) is 15.6 Å². The molecule has 2 aromatic rings. The maximum Gasteiger partial charge on any atom is 0.313 e. The molecule has 0 radical (unpaired) electrons. The first-order valence-corrected chi connectivity index (χ1v) is 6.53. The van der Waals surface area contributed by atoms with E-state index in [1.807, 2.05) is 6.92 Å². The molecule has 0 bridgehead atoms. The molecule has 0 aromatic carbocycles. The summed E-state index contributed by atoms with van der Waals surface area (Å²) in [6.07, 6.45) is 2.54. The van der Waals surface area contributed by atoms with Gasteiger partial charge in [-0.2, -0.15) is 0 Å². The zero-order valence-electron chi connectivity index (χ0n) is 11.7. The van der Waals surface area contributed by atoms with Crippen LogP contribution in [0.4, 0.5) is 5.95 Å². The monoisotopic (exact) mass is 282 g/mol. The van der Waals surface area contributed by atoms with Crippen molar-refractivity contribution in [2.75, 3.05) is 18.9 Å². The second-order valence-corrected chi connectivity index (χ2v) is 4.56. The number of imidazole rings is 1. The number of ether oxygens (including phenoxy) is 1. The molecule has 0 amide bonds. The van der Waals surface area contributed by atoms with Crippen molar-refractivity contribution < 1.29 is 14.4 Å². The van der Waals surface area contributed by atoms with Gasteiger partial charge in [-0.25, -0.2) is 4.57 Å². The predicted molar refractivity (Wildman–Crippen MR) is 72.9 cm³/mol. The Bertz CT molecular complexity index is 661. The van der Waals surface area contributed by atoms with Gasteiger partial charge in [0.05, 0.1) is 20.3 Å². The smallest absolute Gasteiger partial charge is 0.313 e. The maximum atomic E-state index is 12.4. The fourth-order valence-corrected chi connectivity index (χ4v) is 2.14. The highest BCUT2D eigenvalue weighted by Crippen LogP contribution is 2.06. The number of rotatable bonds is 6. The van der Waals surface area contributed by atoms with Crippen molar-refractivity contribution in [1.29, 1.82) is 0 Å². The van der Waals surface area contributed by atoms with Crippen LogP contribution >= 0.6 is 0 Å². The van der Waals surface area contributed by atoms with Gasteiger partial charge in [-0.15, -0.1) is 0 Å². The molecule has 110 valence electrons. The van der Waals surface area contributed by atoms with Crippen molar-refractivity contribution in [3.05, 3.63) is 16.7 Å². The summed E-state index contributed by atoms with van der Waals surface area (Å²) < 4.78 is 10.1. The molecule has 3 N–H and O–H groups in total. The average Bonchev–Trinajstić information content (AvgIpc) is 2.71. The number of aliphatic hydroxyl groups excluding tert-OH is 1. The van der Waals surface area contributed by atoms with Gasteiger partial charge in [0, 0.05) is 6.54 Å². The fourth-order valence-electron chi connectivity index (χ4n) is 2.14. The Morgan fingerprint density at radius 1 is 1.55 bits per heavy atom. The number of hydrogen-bond acceptors (Lipinski definition) is 5. The SMILES string of the molecule is CCCn1c(N)nc2c(c1=O)n(C)c[n+]2COCCO. The Morgan fingerprint density at radius 3 is 2.95 bits per heavy atom. The first kappa shape index (κ1) is 14.5. The molecule has 2 rings (SSSR count). The zero-order valence-corrected chi connectivity index (χ0v) is 11.7. The third kappa shape index (κ3) is 2.52. The van der Waals surface area contributed by atoms with E-state index < -0.39 is 0 Å². The second kappa shape index (κ2) is 6.02. The van der Waals surface area contributed by atoms with Crippen LogP contribution in [-0.4, -0.2) is 32.4 Å². The molecule has 20 heavy (non-hydrogen) atoms. The van der Waals surface area contributed by atoms with Crippen molar-refractivity contribution in [1.82, 2.24) is 14.1 Å². The standard InChI is InChI=1S/C12H19N5O3/c1-3-4-17-11(19)9-10(14-12(17)13)16(7-15(9)2)8-20-6-5-18/h7,18H,3-6,8H2,1-2H3,(H-,13,14,19)/p+1. The molecular weight excluding hydrogens is 262 g/mol. The van der Waals surface area contributed by atoms with Gasteiger partial charge in [0.2, 0.25) is 5.52 Å². The first-order chi connectivity index (χ1) is 9.60. The number of aromatic nitrogens is 4. The molecular formula is C12H20N5O3+. The number of nitrogens with zero attached hydrogens (tertiary/aromatic N) is 4. The molecule has 0 atom stereocenters. The first-order valence-electron chi connectivity index (χ1n) is 6.53. The Hall–Kier alpha value is -1.93. The van der Waals surface area contributed by atoms with E-state index in [1.165, 1.54) is 4.57 Å². The summed E-state index contributed by atoms with van der Waals surface area (Å²) in [7, 11) is 1.78. The number of hydrogen-bond donors (Lipinski definition) is 2. The topological polar surface area (TPSA) is 99.2 Å². The van der Waals surface area contributed by atoms with Gasteiger partial charge in [-0.3, -0.25) is 13.9 Å². The molecule has 0 aliphatic carbocycles. The van der Waals surface area contributed by atoms with Crippen LogP contribution in [0.1, 0.15) is 13.3 Å². The highest BCUT2D eigenvalue weighted by Gasteiger charge is 2.22. The van der Waals surface area contributed by atoms with Crippen LogP contribution in [0.5, 0.6) is 0 Å². The molecule has 0 fully saturated rings. The predicted octanol–water partition coefficient (Wildman–Crippen LogP) is -1.02. The fraction of sp³-hybridized carbons (Fsp3) is 0.583. The summed E-state index contributed by atoms with van der Waals surface area (Å²) in [4.78, 5) is 16.7. The summed E-state index contributed by atoms with van der Waals surface area (Å²) in [5.41, 5.74) is 6.67. The lowest BCUT2D eigenvalue weighted by molar-refractivity contribution is -0.711. The van der Waals surface area contributed by atoms with E-state index in [0.717, 1.165) is 6.42 Å². The number of aryl methyl sites for hydroxylation is 1. The van der Waals surface area contributed by atoms with E-state index in [9.17, 15) is 4.79 Å². The van der Waals surface area contributed by atoms with E-state index in [2.05, 4.69) is 4.98 Å². The Labute approximate surface area is 116 Å². The van der Waals surface area contributed by atoms with Crippen molar-refractivity contribution in [2.24, 2.45) is 7.05 Å². The largest absolute Gasteiger partial charge is 0.394 e. The summed E-state index contributed by atoms with van der Waals surface area (Å²) >= 11 is 0. The molecule has 0 unspecified atom stereocenters. The molecule has 0 saturated carbocycles. The maximum absolute atomic E-state index is 12.4. The van der Waals surface area contributed by atoms with Crippen LogP contribution in [0.25, 0.3) is 11.2 Å². The summed E-state index contributed by atoms with van der Waals surface area (Å²) in [6, 6.07) is 0. The van der Waals surface area contributed by atoms with Crippen LogP contribution in [0.15, 0.2) is 11.1 Å². The lowest BCUT2D eigenvalue weighted by Crippen LogP contribution is -2.36. The second-order valence-electron chi connectivity index (χ2n) is 4.56. The van der Waals surface area contributed by atoms with E-state index in [1.54, 1.807) is 22.5 Å². The Morgan fingerprint density at radius 2 is 2.30 bits per heavy atom. The highest BCUT2D eigenvalue weighted by atomic mass is 16.5. The van der Waals surface area contributed by atoms with Crippen molar-refractivity contribution in [3.63, 3.8) is 0 Å². The third-order valence-electron chi connectivity index (χ3n) is 3.01. The summed E-state index contributed by atoms with van der Waals surface area (Å²) in [6.45, 7) is 2.90. The van der Waals surface area contributed by atoms with Crippen LogP contribution < -0.4 is 15.9 Å². The molecule has 0 aliphatic rings. The minimum atomic E-state index is -0.155. The number of anilines is 1. The van der Waals surface area contributed by atoms with Crippen LogP contribution in [-0.2, 0) is 25.1 Å². The van der Waals surface area contributed by atoms with Crippen LogP contribution in [0, 0.1) is 0 Å². The molecule has 8 heteroatoms. The normalized spacial score (nSPS) is 11.3. The van der Waals surface area contributed by atoms with Gasteiger partial charge in [-0.05, 0) is 6.42 Å². The Kier molecular flexibility index (Phi) is 4.35. The van der Waals surface area contributed by atoms with Gasteiger partial charge >= 0.3 is 11.2 Å². The van der Waals surface area contributed by atoms with E-state index >= 15 is 0 Å². The lowest BCUT2D eigenvalue weighted by Gasteiger charge is -2.04. The molecule has 0 saturated heterocycles. The lowest BCUT2D eigenvalue weighted by atomic mass is 10.4. The van der Waals surface area contributed by atoms with E-state index in [-0.39, 0.29) is 31.5 Å². The van der Waals surface area contributed by atoms with Crippen LogP contribution in [0.3, 0.4) is 0 Å². The quantitative estimate of drug-likeness (QED) is 0.522. The van der Waals surface area contributed by atoms with Crippen molar-refractivity contribution in [2.45, 2.75) is 26.6 Å². The molecule has 0 spiro atoms. The Balaban J connectivity index is 2.52. The summed E-state index contributed by atoms with van der Waals surface area (Å²) in [5.74, 6) is 0.200. The van der Waals surface area contributed by atoms with E-state index in [0.29, 0.717) is 17.7 Å². The number of fused-ring (bicyclic) bond motifs is 1. The average molecular weight is 282 g/mol. The highest BCUT2D eigenvalue weighted by molar-refractivity contribution is 5.67. The minimum absolute atomic E-state index is 0.0514. The summed E-state index contributed by atoms with van der Waals surface area (Å²) in [5, 5.41) is 8.72.